The Morgan fingerprint density at radius 2 is 2.12 bits per heavy atom. The second-order valence-corrected chi connectivity index (χ2v) is 5.97. The molecule has 17 heavy (non-hydrogen) atoms. The molecule has 0 saturated carbocycles. The fraction of sp³-hybridized carbons (Fsp3) is 0.444. The van der Waals surface area contributed by atoms with Gasteiger partial charge in [0, 0.05) is 0 Å². The fourth-order valence-electron chi connectivity index (χ4n) is 1.09. The molecule has 0 unspecified atom stereocenters. The van der Waals surface area contributed by atoms with E-state index in [-0.39, 0.29) is 12.4 Å². The van der Waals surface area contributed by atoms with Crippen LogP contribution in [0, 0.1) is 0 Å². The van der Waals surface area contributed by atoms with Gasteiger partial charge < -0.3 is 9.15 Å². The zero-order valence-corrected chi connectivity index (χ0v) is 11.6. The summed E-state index contributed by atoms with van der Waals surface area (Å²) in [6.07, 6.45) is -4.74. The van der Waals surface area contributed by atoms with Crippen molar-refractivity contribution in [3.63, 3.8) is 0 Å². The number of halogens is 5. The van der Waals surface area contributed by atoms with Crippen molar-refractivity contribution in [2.75, 3.05) is 6.61 Å². The van der Waals surface area contributed by atoms with Crippen LogP contribution in [-0.2, 0) is 10.9 Å². The Labute approximate surface area is 112 Å². The van der Waals surface area contributed by atoms with E-state index in [1.54, 1.807) is 0 Å². The first-order chi connectivity index (χ1) is 7.77. The lowest BCUT2D eigenvalue weighted by Crippen LogP contribution is -2.12. The molecule has 0 aromatic carbocycles. The number of hydrogen-bond donors (Lipinski definition) is 0. The number of carbonyl (C=O) groups is 1. The molecule has 0 radical (unpaired) electrons. The molecular weight excluding hydrogens is 373 g/mol. The number of hydrogen-bond acceptors (Lipinski definition) is 3. The molecule has 3 nitrogen and oxygen atoms in total. The molecular formula is C9H7Br2F3O3. The molecule has 0 aliphatic carbocycles. The highest BCUT2D eigenvalue weighted by Crippen LogP contribution is 2.39. The van der Waals surface area contributed by atoms with E-state index in [1.807, 2.05) is 0 Å². The standard InChI is InChI=1S/C9H7Br2F3O3/c1-2-16-8(15)4-3-5(7(10)11)17-6(4)9(12,13)14/h3,7H,2H2,1H3. The molecule has 1 heterocycles. The molecule has 0 atom stereocenters. The summed E-state index contributed by atoms with van der Waals surface area (Å²) in [6.45, 7) is 1.49. The summed E-state index contributed by atoms with van der Waals surface area (Å²) < 4.78 is 46.3. The Kier molecular flexibility index (Phi) is 4.65. The minimum atomic E-state index is -4.74. The number of furan rings is 1. The Hall–Kier alpha value is -0.500. The molecule has 0 amide bonds. The summed E-state index contributed by atoms with van der Waals surface area (Å²) in [5.41, 5.74) is -0.627. The van der Waals surface area contributed by atoms with E-state index in [9.17, 15) is 18.0 Å². The van der Waals surface area contributed by atoms with E-state index in [0.717, 1.165) is 6.07 Å². The Morgan fingerprint density at radius 1 is 1.53 bits per heavy atom. The average Bonchev–Trinajstić information content (AvgIpc) is 2.61. The van der Waals surface area contributed by atoms with E-state index in [2.05, 4.69) is 41.0 Å². The second kappa shape index (κ2) is 5.43. The fourth-order valence-corrected chi connectivity index (χ4v) is 1.54. The number of esters is 1. The van der Waals surface area contributed by atoms with E-state index >= 15 is 0 Å². The Bertz CT molecular complexity index is 412. The first kappa shape index (κ1) is 14.6. The lowest BCUT2D eigenvalue weighted by molar-refractivity contribution is -0.153. The predicted octanol–water partition coefficient (Wildman–Crippen LogP) is 4.26. The highest BCUT2D eigenvalue weighted by atomic mass is 79.9. The molecule has 0 fully saturated rings. The maximum atomic E-state index is 12.6. The molecule has 0 N–H and O–H groups in total. The van der Waals surface area contributed by atoms with Crippen molar-refractivity contribution in [3.05, 3.63) is 23.2 Å². The summed E-state index contributed by atoms with van der Waals surface area (Å²) in [6, 6.07) is 0.995. The third-order valence-corrected chi connectivity index (χ3v) is 2.62. The molecule has 96 valence electrons. The van der Waals surface area contributed by atoms with Crippen LogP contribution in [0.3, 0.4) is 0 Å². The van der Waals surface area contributed by atoms with Gasteiger partial charge in [0.15, 0.2) is 0 Å². The highest BCUT2D eigenvalue weighted by molar-refractivity contribution is 9.24. The van der Waals surface area contributed by atoms with Gasteiger partial charge in [-0.2, -0.15) is 13.2 Å². The van der Waals surface area contributed by atoms with E-state index in [0.29, 0.717) is 0 Å². The molecule has 0 spiro atoms. The van der Waals surface area contributed by atoms with Crippen molar-refractivity contribution in [1.29, 1.82) is 0 Å². The van der Waals surface area contributed by atoms with Crippen molar-refractivity contribution in [2.24, 2.45) is 0 Å². The van der Waals surface area contributed by atoms with Gasteiger partial charge in [0.1, 0.15) is 15.1 Å². The van der Waals surface area contributed by atoms with Crippen molar-refractivity contribution in [1.82, 2.24) is 0 Å². The van der Waals surface area contributed by atoms with Crippen LogP contribution < -0.4 is 0 Å². The SMILES string of the molecule is CCOC(=O)c1cc(C(Br)Br)oc1C(F)(F)F. The zero-order valence-electron chi connectivity index (χ0n) is 8.48. The minimum Gasteiger partial charge on any atom is -0.462 e. The van der Waals surface area contributed by atoms with Crippen LogP contribution in [-0.4, -0.2) is 12.6 Å². The van der Waals surface area contributed by atoms with E-state index < -0.39 is 27.2 Å². The van der Waals surface area contributed by atoms with E-state index in [4.69, 9.17) is 0 Å². The van der Waals surface area contributed by atoms with Gasteiger partial charge in [0.25, 0.3) is 0 Å². The van der Waals surface area contributed by atoms with Gasteiger partial charge in [-0.3, -0.25) is 0 Å². The number of alkyl halides is 5. The normalized spacial score (nSPS) is 11.9. The molecule has 1 aromatic heterocycles. The highest BCUT2D eigenvalue weighted by Gasteiger charge is 2.41. The monoisotopic (exact) mass is 378 g/mol. The summed E-state index contributed by atoms with van der Waals surface area (Å²) in [5, 5.41) is 0. The van der Waals surface area contributed by atoms with Crippen molar-refractivity contribution in [3.8, 4) is 0 Å². The predicted molar refractivity (Wildman–Crippen MR) is 60.3 cm³/mol. The first-order valence-electron chi connectivity index (χ1n) is 4.43. The Morgan fingerprint density at radius 3 is 2.53 bits per heavy atom. The topological polar surface area (TPSA) is 39.4 Å². The summed E-state index contributed by atoms with van der Waals surface area (Å²) in [5.74, 6) is -2.47. The molecule has 1 aromatic rings. The van der Waals surface area contributed by atoms with Gasteiger partial charge in [-0.25, -0.2) is 4.79 Å². The molecule has 1 rings (SSSR count). The smallest absolute Gasteiger partial charge is 0.450 e. The molecule has 8 heteroatoms. The van der Waals surface area contributed by atoms with Crippen molar-refractivity contribution in [2.45, 2.75) is 16.8 Å². The average molecular weight is 380 g/mol. The van der Waals surface area contributed by atoms with Gasteiger partial charge in [-0.15, -0.1) is 0 Å². The third-order valence-electron chi connectivity index (χ3n) is 1.72. The summed E-state index contributed by atoms with van der Waals surface area (Å²) >= 11 is 5.98. The van der Waals surface area contributed by atoms with Gasteiger partial charge in [-0.1, -0.05) is 31.9 Å². The second-order valence-electron chi connectivity index (χ2n) is 2.91. The van der Waals surface area contributed by atoms with Gasteiger partial charge in [0.05, 0.1) is 6.61 Å². The maximum absolute atomic E-state index is 12.6. The largest absolute Gasteiger partial charge is 0.462 e. The number of rotatable bonds is 3. The van der Waals surface area contributed by atoms with E-state index in [1.165, 1.54) is 6.92 Å². The molecule has 0 saturated heterocycles. The summed E-state index contributed by atoms with van der Waals surface area (Å²) in [7, 11) is 0. The van der Waals surface area contributed by atoms with Gasteiger partial charge in [0.2, 0.25) is 5.76 Å². The van der Waals surface area contributed by atoms with Gasteiger partial charge in [-0.05, 0) is 13.0 Å². The van der Waals surface area contributed by atoms with Crippen LogP contribution in [0.5, 0.6) is 0 Å². The maximum Gasteiger partial charge on any atom is 0.450 e. The Balaban J connectivity index is 3.22. The van der Waals surface area contributed by atoms with Crippen molar-refractivity contribution < 1.29 is 27.1 Å². The quantitative estimate of drug-likeness (QED) is 0.581. The third kappa shape index (κ3) is 3.48. The van der Waals surface area contributed by atoms with Crippen LogP contribution in [0.4, 0.5) is 13.2 Å². The minimum absolute atomic E-state index is 0.0112. The number of ether oxygens (including phenoxy) is 1. The van der Waals surface area contributed by atoms with Crippen LogP contribution >= 0.6 is 31.9 Å². The first-order valence-corrected chi connectivity index (χ1v) is 6.26. The van der Waals surface area contributed by atoms with Crippen LogP contribution in [0.15, 0.2) is 10.5 Å². The lowest BCUT2D eigenvalue weighted by Gasteiger charge is -2.05. The number of carbonyl (C=O) groups excluding carboxylic acids is 1. The van der Waals surface area contributed by atoms with Crippen LogP contribution in [0.25, 0.3) is 0 Å². The van der Waals surface area contributed by atoms with Crippen LogP contribution in [0.2, 0.25) is 0 Å². The molecule has 0 aliphatic rings. The lowest BCUT2D eigenvalue weighted by atomic mass is 10.2. The van der Waals surface area contributed by atoms with Gasteiger partial charge >= 0.3 is 12.1 Å². The summed E-state index contributed by atoms with van der Waals surface area (Å²) in [4.78, 5) is 11.3. The molecule has 0 bridgehead atoms. The van der Waals surface area contributed by atoms with Crippen molar-refractivity contribution >= 4 is 37.8 Å². The molecule has 0 aliphatic heterocycles. The zero-order chi connectivity index (χ0) is 13.2. The van der Waals surface area contributed by atoms with Crippen LogP contribution in [0.1, 0.15) is 32.5 Å².